The number of carbonyl (C=O) groups is 1. The van der Waals surface area contributed by atoms with E-state index in [-0.39, 0.29) is 11.5 Å². The SMILES string of the molecule is COC(=O)C1=CO[C@@H](O[C@@H]2O[C@H](CO)[C@@H](O)[C@H](O)[C@H]2O)[C@H]2[C@@H]1CC[C@]2(C)O. The fourth-order valence-electron chi connectivity index (χ4n) is 4.12. The third-order valence-corrected chi connectivity index (χ3v) is 5.67. The summed E-state index contributed by atoms with van der Waals surface area (Å²) in [4.78, 5) is 12.0. The van der Waals surface area contributed by atoms with Gasteiger partial charge in [0.05, 0.1) is 37.1 Å². The molecule has 3 rings (SSSR count). The maximum Gasteiger partial charge on any atom is 0.337 e. The van der Waals surface area contributed by atoms with E-state index in [0.29, 0.717) is 12.8 Å². The van der Waals surface area contributed by atoms with Crippen LogP contribution in [0.1, 0.15) is 19.8 Å². The van der Waals surface area contributed by atoms with Crippen molar-refractivity contribution in [1.29, 1.82) is 0 Å². The van der Waals surface area contributed by atoms with Crippen LogP contribution in [0.15, 0.2) is 11.8 Å². The second-order valence-corrected chi connectivity index (χ2v) is 7.43. The first-order valence-corrected chi connectivity index (χ1v) is 8.83. The van der Waals surface area contributed by atoms with E-state index in [2.05, 4.69) is 0 Å². The molecule has 2 heterocycles. The first kappa shape index (κ1) is 20.5. The van der Waals surface area contributed by atoms with Crippen LogP contribution in [0.4, 0.5) is 0 Å². The highest BCUT2D eigenvalue weighted by Gasteiger charge is 2.56. The Balaban J connectivity index is 1.82. The van der Waals surface area contributed by atoms with Gasteiger partial charge in [-0.2, -0.15) is 0 Å². The van der Waals surface area contributed by atoms with Crippen LogP contribution in [-0.4, -0.2) is 87.8 Å². The van der Waals surface area contributed by atoms with Crippen LogP contribution in [0.5, 0.6) is 0 Å². The normalized spacial score (nSPS) is 47.0. The Hall–Kier alpha value is -1.27. The number of methoxy groups -OCH3 is 1. The lowest BCUT2D eigenvalue weighted by atomic mass is 9.81. The van der Waals surface area contributed by atoms with Crippen LogP contribution in [0.3, 0.4) is 0 Å². The molecule has 5 N–H and O–H groups in total. The van der Waals surface area contributed by atoms with Gasteiger partial charge >= 0.3 is 5.97 Å². The third kappa shape index (κ3) is 3.58. The van der Waals surface area contributed by atoms with Crippen LogP contribution < -0.4 is 0 Å². The van der Waals surface area contributed by atoms with Gasteiger partial charge in [0.2, 0.25) is 6.29 Å². The Bertz CT molecular complexity index is 588. The standard InChI is InChI=1S/C17H26O10/c1-17(23)4-3-7-8(14(22)24-2)6-25-15(10(7)17)27-16-13(21)12(20)11(19)9(5-18)26-16/h6-7,9-13,15-16,18-21,23H,3-5H2,1-2H3/t7-,9-,10-,11-,12+,13-,15+,16+,17+/m1/s1. The summed E-state index contributed by atoms with van der Waals surface area (Å²) >= 11 is 0. The lowest BCUT2D eigenvalue weighted by Crippen LogP contribution is -2.60. The van der Waals surface area contributed by atoms with Gasteiger partial charge in [-0.05, 0) is 19.8 Å². The van der Waals surface area contributed by atoms with E-state index in [4.69, 9.17) is 18.9 Å². The van der Waals surface area contributed by atoms with Crippen molar-refractivity contribution >= 4 is 5.97 Å². The molecular weight excluding hydrogens is 364 g/mol. The third-order valence-electron chi connectivity index (χ3n) is 5.67. The van der Waals surface area contributed by atoms with Gasteiger partial charge in [-0.25, -0.2) is 4.79 Å². The number of esters is 1. The summed E-state index contributed by atoms with van der Waals surface area (Å²) < 4.78 is 21.3. The summed E-state index contributed by atoms with van der Waals surface area (Å²) in [5.74, 6) is -1.59. The summed E-state index contributed by atoms with van der Waals surface area (Å²) in [7, 11) is 1.25. The summed E-state index contributed by atoms with van der Waals surface area (Å²) in [5.41, 5.74) is -0.925. The molecule has 27 heavy (non-hydrogen) atoms. The molecule has 0 amide bonds. The first-order chi connectivity index (χ1) is 12.7. The molecule has 0 aromatic carbocycles. The fourth-order valence-corrected chi connectivity index (χ4v) is 4.12. The van der Waals surface area contributed by atoms with Gasteiger partial charge in [-0.3, -0.25) is 0 Å². The molecule has 3 aliphatic rings. The van der Waals surface area contributed by atoms with Crippen molar-refractivity contribution in [3.05, 3.63) is 11.8 Å². The number of aliphatic hydroxyl groups excluding tert-OH is 4. The summed E-state index contributed by atoms with van der Waals surface area (Å²) in [6, 6.07) is 0. The van der Waals surface area contributed by atoms with E-state index in [0.717, 1.165) is 0 Å². The summed E-state index contributed by atoms with van der Waals surface area (Å²) in [5, 5.41) is 49.9. The number of aliphatic hydroxyl groups is 5. The number of fused-ring (bicyclic) bond motifs is 1. The minimum Gasteiger partial charge on any atom is -0.471 e. The summed E-state index contributed by atoms with van der Waals surface area (Å²) in [6.07, 6.45) is -6.19. The molecule has 10 heteroatoms. The molecule has 0 aromatic heterocycles. The van der Waals surface area contributed by atoms with Crippen LogP contribution in [0, 0.1) is 11.8 Å². The van der Waals surface area contributed by atoms with Gasteiger partial charge in [0.1, 0.15) is 24.4 Å². The zero-order chi connectivity index (χ0) is 19.9. The second kappa shape index (κ2) is 7.63. The van der Waals surface area contributed by atoms with E-state index in [1.165, 1.54) is 13.4 Å². The van der Waals surface area contributed by atoms with Crippen molar-refractivity contribution in [3.8, 4) is 0 Å². The average Bonchev–Trinajstić information content (AvgIpc) is 2.97. The second-order valence-electron chi connectivity index (χ2n) is 7.43. The Kier molecular flexibility index (Phi) is 5.78. The maximum absolute atomic E-state index is 12.0. The molecular formula is C17H26O10. The van der Waals surface area contributed by atoms with Crippen molar-refractivity contribution in [2.24, 2.45) is 11.8 Å². The topological polar surface area (TPSA) is 155 Å². The number of hydrogen-bond acceptors (Lipinski definition) is 10. The molecule has 0 aromatic rings. The van der Waals surface area contributed by atoms with Gasteiger partial charge < -0.3 is 44.5 Å². The van der Waals surface area contributed by atoms with Crippen LogP contribution in [0.2, 0.25) is 0 Å². The maximum atomic E-state index is 12.0. The van der Waals surface area contributed by atoms with Crippen molar-refractivity contribution in [2.45, 2.75) is 62.4 Å². The molecule has 0 bridgehead atoms. The van der Waals surface area contributed by atoms with E-state index in [9.17, 15) is 30.3 Å². The highest BCUT2D eigenvalue weighted by Crippen LogP contribution is 2.49. The monoisotopic (exact) mass is 390 g/mol. The number of carbonyl (C=O) groups excluding carboxylic acids is 1. The Morgan fingerprint density at radius 2 is 1.96 bits per heavy atom. The van der Waals surface area contributed by atoms with Gasteiger partial charge in [-0.15, -0.1) is 0 Å². The quantitative estimate of drug-likeness (QED) is 0.340. The van der Waals surface area contributed by atoms with Crippen molar-refractivity contribution in [3.63, 3.8) is 0 Å². The number of ether oxygens (including phenoxy) is 4. The van der Waals surface area contributed by atoms with E-state index < -0.39 is 61.1 Å². The zero-order valence-corrected chi connectivity index (χ0v) is 15.1. The Morgan fingerprint density at radius 3 is 2.59 bits per heavy atom. The van der Waals surface area contributed by atoms with E-state index in [1.807, 2.05) is 0 Å². The molecule has 1 aliphatic carbocycles. The van der Waals surface area contributed by atoms with Gasteiger partial charge in [0, 0.05) is 5.92 Å². The predicted octanol–water partition coefficient (Wildman–Crippen LogP) is -2.01. The van der Waals surface area contributed by atoms with Crippen LogP contribution in [0.25, 0.3) is 0 Å². The molecule has 0 radical (unpaired) electrons. The minimum atomic E-state index is -1.60. The smallest absolute Gasteiger partial charge is 0.337 e. The lowest BCUT2D eigenvalue weighted by molar-refractivity contribution is -0.346. The minimum absolute atomic E-state index is 0.286. The average molecular weight is 390 g/mol. The Morgan fingerprint density at radius 1 is 1.26 bits per heavy atom. The lowest BCUT2D eigenvalue weighted by Gasteiger charge is -2.44. The van der Waals surface area contributed by atoms with Crippen molar-refractivity contribution in [1.82, 2.24) is 0 Å². The van der Waals surface area contributed by atoms with Crippen molar-refractivity contribution in [2.75, 3.05) is 13.7 Å². The van der Waals surface area contributed by atoms with Crippen LogP contribution >= 0.6 is 0 Å². The number of hydrogen-bond donors (Lipinski definition) is 5. The molecule has 9 atom stereocenters. The van der Waals surface area contributed by atoms with Crippen LogP contribution in [-0.2, 0) is 23.7 Å². The van der Waals surface area contributed by atoms with Gasteiger partial charge in [0.15, 0.2) is 6.29 Å². The number of rotatable bonds is 4. The molecule has 10 nitrogen and oxygen atoms in total. The fraction of sp³-hybridized carbons (Fsp3) is 0.824. The molecule has 1 saturated carbocycles. The molecule has 0 unspecified atom stereocenters. The zero-order valence-electron chi connectivity index (χ0n) is 15.1. The van der Waals surface area contributed by atoms with E-state index in [1.54, 1.807) is 6.92 Å². The molecule has 2 aliphatic heterocycles. The Labute approximate surface area is 155 Å². The molecule has 0 spiro atoms. The van der Waals surface area contributed by atoms with E-state index >= 15 is 0 Å². The predicted molar refractivity (Wildman–Crippen MR) is 86.7 cm³/mol. The van der Waals surface area contributed by atoms with Gasteiger partial charge in [-0.1, -0.05) is 0 Å². The van der Waals surface area contributed by atoms with Gasteiger partial charge in [0.25, 0.3) is 0 Å². The largest absolute Gasteiger partial charge is 0.471 e. The highest BCUT2D eigenvalue weighted by molar-refractivity contribution is 5.89. The first-order valence-electron chi connectivity index (χ1n) is 8.83. The summed E-state index contributed by atoms with van der Waals surface area (Å²) in [6.45, 7) is 1.01. The molecule has 2 fully saturated rings. The molecule has 154 valence electrons. The van der Waals surface area contributed by atoms with Crippen molar-refractivity contribution < 1.29 is 49.3 Å². The molecule has 1 saturated heterocycles. The highest BCUT2D eigenvalue weighted by atomic mass is 16.8.